The third-order valence-corrected chi connectivity index (χ3v) is 4.62. The van der Waals surface area contributed by atoms with Crippen LogP contribution in [0.2, 0.25) is 0 Å². The van der Waals surface area contributed by atoms with Crippen molar-refractivity contribution in [2.24, 2.45) is 4.99 Å². The SMILES string of the molecule is Fc1ccc(CC2=NC(c3cccc(F)c3)C(c3cccc(F)c3)N2)cc1. The van der Waals surface area contributed by atoms with Gasteiger partial charge in [-0.2, -0.15) is 0 Å². The van der Waals surface area contributed by atoms with Gasteiger partial charge in [-0.05, 0) is 53.1 Å². The van der Waals surface area contributed by atoms with Crippen molar-refractivity contribution in [1.82, 2.24) is 5.32 Å². The average Bonchev–Trinajstić information content (AvgIpc) is 3.08. The highest BCUT2D eigenvalue weighted by Crippen LogP contribution is 2.36. The molecule has 2 nitrogen and oxygen atoms in total. The zero-order valence-corrected chi connectivity index (χ0v) is 14.4. The van der Waals surface area contributed by atoms with Crippen LogP contribution in [-0.2, 0) is 6.42 Å². The van der Waals surface area contributed by atoms with E-state index in [4.69, 9.17) is 4.99 Å². The van der Waals surface area contributed by atoms with E-state index in [1.807, 2.05) is 12.1 Å². The summed E-state index contributed by atoms with van der Waals surface area (Å²) in [6, 6.07) is 18.1. The van der Waals surface area contributed by atoms with Crippen LogP contribution in [0.4, 0.5) is 13.2 Å². The molecule has 136 valence electrons. The van der Waals surface area contributed by atoms with Gasteiger partial charge in [0, 0.05) is 6.42 Å². The number of benzene rings is 3. The molecule has 2 unspecified atom stereocenters. The number of hydrogen-bond acceptors (Lipinski definition) is 2. The number of halogens is 3. The topological polar surface area (TPSA) is 24.4 Å². The van der Waals surface area contributed by atoms with Gasteiger partial charge in [-0.3, -0.25) is 4.99 Å². The molecule has 0 fully saturated rings. The highest BCUT2D eigenvalue weighted by Gasteiger charge is 2.31. The lowest BCUT2D eigenvalue weighted by Gasteiger charge is -2.20. The number of hydrogen-bond donors (Lipinski definition) is 1. The van der Waals surface area contributed by atoms with Crippen LogP contribution in [0.25, 0.3) is 0 Å². The summed E-state index contributed by atoms with van der Waals surface area (Å²) in [5.74, 6) is -0.271. The molecule has 0 amide bonds. The van der Waals surface area contributed by atoms with Crippen LogP contribution < -0.4 is 5.32 Å². The first kappa shape index (κ1) is 17.3. The van der Waals surface area contributed by atoms with Crippen LogP contribution in [0, 0.1) is 17.5 Å². The zero-order chi connectivity index (χ0) is 18.8. The molecule has 0 saturated carbocycles. The molecule has 3 aromatic carbocycles. The zero-order valence-electron chi connectivity index (χ0n) is 14.4. The normalized spacial score (nSPS) is 18.9. The Morgan fingerprint density at radius 2 is 1.37 bits per heavy atom. The van der Waals surface area contributed by atoms with E-state index in [1.54, 1.807) is 24.3 Å². The summed E-state index contributed by atoms with van der Waals surface area (Å²) < 4.78 is 40.6. The lowest BCUT2D eigenvalue weighted by Crippen LogP contribution is -2.25. The summed E-state index contributed by atoms with van der Waals surface area (Å²) >= 11 is 0. The third kappa shape index (κ3) is 3.87. The molecular weight excluding hydrogens is 349 g/mol. The van der Waals surface area contributed by atoms with Gasteiger partial charge in [0.15, 0.2) is 0 Å². The third-order valence-electron chi connectivity index (χ3n) is 4.62. The van der Waals surface area contributed by atoms with Crippen molar-refractivity contribution in [3.8, 4) is 0 Å². The quantitative estimate of drug-likeness (QED) is 0.680. The van der Waals surface area contributed by atoms with E-state index in [2.05, 4.69) is 5.32 Å². The van der Waals surface area contributed by atoms with E-state index < -0.39 is 0 Å². The van der Waals surface area contributed by atoms with Crippen molar-refractivity contribution < 1.29 is 13.2 Å². The van der Waals surface area contributed by atoms with Gasteiger partial charge in [-0.1, -0.05) is 36.4 Å². The minimum Gasteiger partial charge on any atom is -0.364 e. The summed E-state index contributed by atoms with van der Waals surface area (Å²) in [5, 5.41) is 3.33. The minimum atomic E-state index is -0.377. The lowest BCUT2D eigenvalue weighted by molar-refractivity contribution is 0.555. The Morgan fingerprint density at radius 3 is 2.04 bits per heavy atom. The van der Waals surface area contributed by atoms with Crippen LogP contribution in [0.15, 0.2) is 77.8 Å². The number of nitrogens with one attached hydrogen (secondary N) is 1. The molecular formula is C22H17F3N2. The molecule has 3 aromatic rings. The molecule has 1 heterocycles. The van der Waals surface area contributed by atoms with Gasteiger partial charge >= 0.3 is 0 Å². The molecule has 5 heteroatoms. The molecule has 1 aliphatic rings. The van der Waals surface area contributed by atoms with E-state index in [9.17, 15) is 13.2 Å². The van der Waals surface area contributed by atoms with E-state index in [0.29, 0.717) is 17.8 Å². The Bertz CT molecular complexity index is 983. The first-order valence-corrected chi connectivity index (χ1v) is 8.67. The summed E-state index contributed by atoms with van der Waals surface area (Å²) in [7, 11) is 0. The van der Waals surface area contributed by atoms with Gasteiger partial charge in [-0.15, -0.1) is 0 Å². The second kappa shape index (κ2) is 7.27. The lowest BCUT2D eigenvalue weighted by atomic mass is 9.95. The van der Waals surface area contributed by atoms with Crippen molar-refractivity contribution in [2.75, 3.05) is 0 Å². The van der Waals surface area contributed by atoms with Gasteiger partial charge in [-0.25, -0.2) is 13.2 Å². The Kier molecular flexibility index (Phi) is 4.67. The first-order valence-electron chi connectivity index (χ1n) is 8.67. The standard InChI is InChI=1S/C22H17F3N2/c23-17-9-7-14(8-10-17)11-20-26-21(15-3-1-5-18(24)12-15)22(27-20)16-4-2-6-19(25)13-16/h1-10,12-13,21-22H,11H2,(H,26,27). The van der Waals surface area contributed by atoms with Crippen molar-refractivity contribution in [3.05, 3.63) is 107 Å². The number of rotatable bonds is 4. The number of nitrogens with zero attached hydrogens (tertiary/aromatic N) is 1. The predicted molar refractivity (Wildman–Crippen MR) is 99.0 cm³/mol. The predicted octanol–water partition coefficient (Wildman–Crippen LogP) is 5.13. The first-order chi connectivity index (χ1) is 13.1. The van der Waals surface area contributed by atoms with E-state index >= 15 is 0 Å². The Labute approximate surface area is 155 Å². The van der Waals surface area contributed by atoms with Gasteiger partial charge in [0.2, 0.25) is 0 Å². The molecule has 1 N–H and O–H groups in total. The molecule has 2 atom stereocenters. The van der Waals surface area contributed by atoms with Gasteiger partial charge < -0.3 is 5.32 Å². The fourth-order valence-corrected chi connectivity index (χ4v) is 3.35. The van der Waals surface area contributed by atoms with Gasteiger partial charge in [0.1, 0.15) is 29.3 Å². The highest BCUT2D eigenvalue weighted by atomic mass is 19.1. The summed E-state index contributed by atoms with van der Waals surface area (Å²) in [6.45, 7) is 0. The summed E-state index contributed by atoms with van der Waals surface area (Å²) in [6.07, 6.45) is 0.484. The maximum Gasteiger partial charge on any atom is 0.123 e. The summed E-state index contributed by atoms with van der Waals surface area (Å²) in [4.78, 5) is 4.73. The molecule has 0 radical (unpaired) electrons. The Morgan fingerprint density at radius 1 is 0.741 bits per heavy atom. The number of amidine groups is 1. The van der Waals surface area contributed by atoms with Crippen molar-refractivity contribution in [2.45, 2.75) is 18.5 Å². The molecule has 0 aliphatic carbocycles. The second-order valence-electron chi connectivity index (χ2n) is 6.56. The van der Waals surface area contributed by atoms with Crippen molar-refractivity contribution >= 4 is 5.84 Å². The van der Waals surface area contributed by atoms with Crippen LogP contribution in [0.1, 0.15) is 28.8 Å². The van der Waals surface area contributed by atoms with Crippen LogP contribution in [0.5, 0.6) is 0 Å². The van der Waals surface area contributed by atoms with E-state index in [0.717, 1.165) is 11.1 Å². The van der Waals surface area contributed by atoms with Crippen LogP contribution in [0.3, 0.4) is 0 Å². The van der Waals surface area contributed by atoms with E-state index in [1.165, 1.54) is 36.4 Å². The van der Waals surface area contributed by atoms with Crippen molar-refractivity contribution in [1.29, 1.82) is 0 Å². The molecule has 4 rings (SSSR count). The minimum absolute atomic E-state index is 0.296. The number of aliphatic imine (C=N–C) groups is 1. The smallest absolute Gasteiger partial charge is 0.123 e. The molecule has 27 heavy (non-hydrogen) atoms. The molecule has 0 aromatic heterocycles. The van der Waals surface area contributed by atoms with Crippen LogP contribution >= 0.6 is 0 Å². The molecule has 0 saturated heterocycles. The van der Waals surface area contributed by atoms with E-state index in [-0.39, 0.29) is 29.5 Å². The maximum atomic E-state index is 13.7. The Balaban J connectivity index is 1.67. The molecule has 1 aliphatic heterocycles. The Hall–Kier alpha value is -3.08. The average molecular weight is 366 g/mol. The summed E-state index contributed by atoms with van der Waals surface area (Å²) in [5.41, 5.74) is 2.36. The fourth-order valence-electron chi connectivity index (χ4n) is 3.35. The fraction of sp³-hybridized carbons (Fsp3) is 0.136. The maximum absolute atomic E-state index is 13.7. The molecule has 0 spiro atoms. The van der Waals surface area contributed by atoms with Gasteiger partial charge in [0.05, 0.1) is 6.04 Å². The van der Waals surface area contributed by atoms with Crippen LogP contribution in [-0.4, -0.2) is 5.84 Å². The second-order valence-corrected chi connectivity index (χ2v) is 6.56. The highest BCUT2D eigenvalue weighted by molar-refractivity contribution is 5.87. The van der Waals surface area contributed by atoms with Gasteiger partial charge in [0.25, 0.3) is 0 Å². The molecule has 0 bridgehead atoms. The monoisotopic (exact) mass is 366 g/mol. The van der Waals surface area contributed by atoms with Crippen molar-refractivity contribution in [3.63, 3.8) is 0 Å². The largest absolute Gasteiger partial charge is 0.364 e.